The number of anilines is 1. The van der Waals surface area contributed by atoms with Crippen molar-refractivity contribution in [3.63, 3.8) is 0 Å². The van der Waals surface area contributed by atoms with E-state index in [4.69, 9.17) is 5.11 Å². The minimum atomic E-state index is -2.07. The monoisotopic (exact) mass is 384 g/mol. The quantitative estimate of drug-likeness (QED) is 0.649. The average molecular weight is 385 g/mol. The van der Waals surface area contributed by atoms with E-state index in [0.717, 1.165) is 11.4 Å². The minimum absolute atomic E-state index is 0.337. The van der Waals surface area contributed by atoms with Crippen LogP contribution in [0.5, 0.6) is 0 Å². The van der Waals surface area contributed by atoms with Gasteiger partial charge in [-0.05, 0) is 31.5 Å². The van der Waals surface area contributed by atoms with E-state index in [2.05, 4.69) is 21.2 Å². The van der Waals surface area contributed by atoms with Crippen molar-refractivity contribution in [3.8, 4) is 0 Å². The van der Waals surface area contributed by atoms with E-state index < -0.39 is 29.9 Å². The van der Waals surface area contributed by atoms with Crippen molar-refractivity contribution in [1.29, 1.82) is 0 Å². The molecule has 0 saturated carbocycles. The van der Waals surface area contributed by atoms with E-state index >= 15 is 0 Å². The number of nitrogens with zero attached hydrogens (tertiary/aromatic N) is 1. The molecule has 124 valence electrons. The van der Waals surface area contributed by atoms with Gasteiger partial charge in [0.05, 0.1) is 6.54 Å². The fourth-order valence-electron chi connectivity index (χ4n) is 2.28. The Hall–Kier alpha value is -1.93. The molecule has 0 spiro atoms. The van der Waals surface area contributed by atoms with Gasteiger partial charge in [-0.2, -0.15) is 0 Å². The van der Waals surface area contributed by atoms with E-state index in [-0.39, 0.29) is 5.91 Å². The van der Waals surface area contributed by atoms with Crippen molar-refractivity contribution < 1.29 is 24.6 Å². The second kappa shape index (κ2) is 6.67. The molecule has 1 heterocycles. The Bertz CT molecular complexity index is 647. The molecular weight excluding hydrogens is 368 g/mol. The normalized spacial score (nSPS) is 20.2. The highest BCUT2D eigenvalue weighted by Gasteiger charge is 2.39. The van der Waals surface area contributed by atoms with Crippen molar-refractivity contribution in [2.75, 3.05) is 18.0 Å². The summed E-state index contributed by atoms with van der Waals surface area (Å²) < 4.78 is 0.827. The Balaban J connectivity index is 2.01. The van der Waals surface area contributed by atoms with Crippen LogP contribution in [0.3, 0.4) is 0 Å². The molecule has 2 amide bonds. The summed E-state index contributed by atoms with van der Waals surface area (Å²) in [6.07, 6.45) is 0.340. The van der Waals surface area contributed by atoms with Crippen LogP contribution in [-0.4, -0.2) is 46.7 Å². The zero-order valence-electron chi connectivity index (χ0n) is 12.5. The first-order valence-corrected chi connectivity index (χ1v) is 7.82. The smallest absolute Gasteiger partial charge is 0.337 e. The average Bonchev–Trinajstić information content (AvgIpc) is 2.86. The van der Waals surface area contributed by atoms with Gasteiger partial charge in [-0.1, -0.05) is 22.0 Å². The van der Waals surface area contributed by atoms with Crippen molar-refractivity contribution >= 4 is 39.4 Å². The number of halogens is 1. The molecule has 2 atom stereocenters. The molecule has 1 aromatic rings. The van der Waals surface area contributed by atoms with Gasteiger partial charge in [0, 0.05) is 16.7 Å². The Kier molecular flexibility index (Phi) is 5.06. The third kappa shape index (κ3) is 3.89. The molecule has 0 bridgehead atoms. The number of aliphatic hydroxyl groups is 1. The van der Waals surface area contributed by atoms with Gasteiger partial charge in [0.1, 0.15) is 5.92 Å². The lowest BCUT2D eigenvalue weighted by Gasteiger charge is -2.20. The second-order valence-electron chi connectivity index (χ2n) is 5.61. The van der Waals surface area contributed by atoms with Gasteiger partial charge in [0.2, 0.25) is 11.8 Å². The molecule has 3 N–H and O–H groups in total. The predicted molar refractivity (Wildman–Crippen MR) is 85.9 cm³/mol. The Morgan fingerprint density at radius 2 is 2.17 bits per heavy atom. The van der Waals surface area contributed by atoms with E-state index in [9.17, 15) is 19.5 Å². The Morgan fingerprint density at radius 1 is 1.48 bits per heavy atom. The number of carboxylic acids is 1. The van der Waals surface area contributed by atoms with Crippen LogP contribution in [0.1, 0.15) is 13.3 Å². The number of carboxylic acid groups (broad SMARTS) is 1. The van der Waals surface area contributed by atoms with E-state index in [0.29, 0.717) is 18.7 Å². The fourth-order valence-corrected chi connectivity index (χ4v) is 2.67. The summed E-state index contributed by atoms with van der Waals surface area (Å²) in [7, 11) is 0. The molecular formula is C15H17BrN2O5. The summed E-state index contributed by atoms with van der Waals surface area (Å²) in [5.74, 6) is -3.23. The fraction of sp³-hybridized carbons (Fsp3) is 0.400. The van der Waals surface area contributed by atoms with Crippen LogP contribution < -0.4 is 10.2 Å². The summed E-state index contributed by atoms with van der Waals surface area (Å²) >= 11 is 3.33. The lowest BCUT2D eigenvalue weighted by Crippen LogP contribution is -2.48. The third-order valence-corrected chi connectivity index (χ3v) is 4.20. The zero-order valence-corrected chi connectivity index (χ0v) is 14.0. The number of hydrogen-bond acceptors (Lipinski definition) is 4. The maximum Gasteiger partial charge on any atom is 0.337 e. The summed E-state index contributed by atoms with van der Waals surface area (Å²) in [4.78, 5) is 36.8. The van der Waals surface area contributed by atoms with Crippen LogP contribution in [0.4, 0.5) is 5.69 Å². The van der Waals surface area contributed by atoms with Gasteiger partial charge in [-0.15, -0.1) is 0 Å². The third-order valence-electron chi connectivity index (χ3n) is 3.71. The number of hydrogen-bond donors (Lipinski definition) is 3. The molecule has 0 radical (unpaired) electrons. The van der Waals surface area contributed by atoms with Crippen LogP contribution in [0.2, 0.25) is 0 Å². The van der Waals surface area contributed by atoms with Gasteiger partial charge in [0.25, 0.3) is 0 Å². The van der Waals surface area contributed by atoms with E-state index in [1.807, 2.05) is 6.07 Å². The maximum atomic E-state index is 12.4. The lowest BCUT2D eigenvalue weighted by atomic mass is 10.1. The van der Waals surface area contributed by atoms with Crippen LogP contribution in [0.25, 0.3) is 0 Å². The number of carbonyl (C=O) groups is 3. The van der Waals surface area contributed by atoms with E-state index in [1.165, 1.54) is 4.90 Å². The van der Waals surface area contributed by atoms with Crippen LogP contribution in [0, 0.1) is 5.92 Å². The molecule has 1 aliphatic heterocycles. The number of rotatable bonds is 5. The van der Waals surface area contributed by atoms with Gasteiger partial charge in [-0.3, -0.25) is 9.59 Å². The first-order chi connectivity index (χ1) is 10.7. The zero-order chi connectivity index (χ0) is 17.2. The molecule has 2 rings (SSSR count). The van der Waals surface area contributed by atoms with Crippen LogP contribution >= 0.6 is 15.9 Å². The predicted octanol–water partition coefficient (Wildman–Crippen LogP) is 0.754. The first-order valence-electron chi connectivity index (χ1n) is 7.03. The SMILES string of the molecule is CC(O)(CNC(=O)C1CCN(c2cccc(Br)c2)C1=O)C(=O)O. The largest absolute Gasteiger partial charge is 0.479 e. The number of aliphatic carboxylic acids is 1. The number of amides is 2. The highest BCUT2D eigenvalue weighted by Crippen LogP contribution is 2.27. The summed E-state index contributed by atoms with van der Waals surface area (Å²) in [5.41, 5.74) is -1.38. The highest BCUT2D eigenvalue weighted by molar-refractivity contribution is 9.10. The van der Waals surface area contributed by atoms with Gasteiger partial charge >= 0.3 is 5.97 Å². The summed E-state index contributed by atoms with van der Waals surface area (Å²) in [5, 5.41) is 20.7. The Morgan fingerprint density at radius 3 is 2.78 bits per heavy atom. The molecule has 8 heteroatoms. The van der Waals surface area contributed by atoms with Gasteiger partial charge < -0.3 is 20.4 Å². The molecule has 1 aliphatic rings. The number of carbonyl (C=O) groups excluding carboxylic acids is 2. The highest BCUT2D eigenvalue weighted by atomic mass is 79.9. The van der Waals surface area contributed by atoms with Crippen molar-refractivity contribution in [2.45, 2.75) is 18.9 Å². The van der Waals surface area contributed by atoms with Crippen molar-refractivity contribution in [1.82, 2.24) is 5.32 Å². The van der Waals surface area contributed by atoms with Gasteiger partial charge in [0.15, 0.2) is 5.60 Å². The minimum Gasteiger partial charge on any atom is -0.479 e. The number of benzene rings is 1. The number of nitrogens with one attached hydrogen (secondary N) is 1. The molecule has 1 aromatic carbocycles. The summed E-state index contributed by atoms with van der Waals surface area (Å²) in [6.45, 7) is 1.03. The summed E-state index contributed by atoms with van der Waals surface area (Å²) in [6, 6.07) is 7.19. The van der Waals surface area contributed by atoms with Crippen molar-refractivity contribution in [2.24, 2.45) is 5.92 Å². The maximum absolute atomic E-state index is 12.4. The van der Waals surface area contributed by atoms with Gasteiger partial charge in [-0.25, -0.2) is 4.79 Å². The molecule has 1 saturated heterocycles. The molecule has 2 unspecified atom stereocenters. The topological polar surface area (TPSA) is 107 Å². The van der Waals surface area contributed by atoms with E-state index in [1.54, 1.807) is 18.2 Å². The first kappa shape index (κ1) is 17.4. The second-order valence-corrected chi connectivity index (χ2v) is 6.52. The molecule has 23 heavy (non-hydrogen) atoms. The van der Waals surface area contributed by atoms with Crippen LogP contribution in [-0.2, 0) is 14.4 Å². The standard InChI is InChI=1S/C15H17BrN2O5/c1-15(23,14(21)22)8-17-12(19)11-5-6-18(13(11)20)10-4-2-3-9(16)7-10/h2-4,7,11,23H,5-6,8H2,1H3,(H,17,19)(H,21,22). The lowest BCUT2D eigenvalue weighted by molar-refractivity contribution is -0.156. The molecule has 7 nitrogen and oxygen atoms in total. The van der Waals surface area contributed by atoms with Crippen LogP contribution in [0.15, 0.2) is 28.7 Å². The Labute approximate surface area is 141 Å². The molecule has 1 fully saturated rings. The molecule has 0 aliphatic carbocycles. The van der Waals surface area contributed by atoms with Crippen molar-refractivity contribution in [3.05, 3.63) is 28.7 Å². The molecule has 0 aromatic heterocycles.